The number of sulfonamides is 1. The van der Waals surface area contributed by atoms with Crippen LogP contribution in [0, 0.1) is 0 Å². The van der Waals surface area contributed by atoms with E-state index in [0.29, 0.717) is 4.55 Å². The van der Waals surface area contributed by atoms with Crippen molar-refractivity contribution in [3.05, 3.63) is 0 Å². The second-order valence-corrected chi connectivity index (χ2v) is 4.96. The first kappa shape index (κ1) is 9.64. The summed E-state index contributed by atoms with van der Waals surface area (Å²) in [6.07, 6.45) is 0. The fraction of sp³-hybridized carbons (Fsp3) is 1.00. The normalized spacial score (nSPS) is 12.4. The van der Waals surface area contributed by atoms with Crippen LogP contribution >= 0.6 is 22.6 Å². The van der Waals surface area contributed by atoms with Gasteiger partial charge in [-0.1, -0.05) is 22.6 Å². The van der Waals surface area contributed by atoms with Gasteiger partial charge in [0.1, 0.15) is 0 Å². The van der Waals surface area contributed by atoms with E-state index in [9.17, 15) is 8.42 Å². The van der Waals surface area contributed by atoms with E-state index in [1.807, 2.05) is 22.6 Å². The SMILES string of the molecule is CC(C)S(=O)(=O)NCI. The molecule has 0 aliphatic carbocycles. The zero-order valence-corrected chi connectivity index (χ0v) is 8.36. The van der Waals surface area contributed by atoms with Crippen molar-refractivity contribution in [2.24, 2.45) is 0 Å². The quantitative estimate of drug-likeness (QED) is 0.463. The molecule has 1 N–H and O–H groups in total. The van der Waals surface area contributed by atoms with E-state index >= 15 is 0 Å². The molecule has 5 heteroatoms. The highest BCUT2D eigenvalue weighted by Gasteiger charge is 2.12. The van der Waals surface area contributed by atoms with E-state index in [0.717, 1.165) is 0 Å². The molecule has 0 aromatic carbocycles. The van der Waals surface area contributed by atoms with Crippen molar-refractivity contribution < 1.29 is 8.42 Å². The molecule has 0 fully saturated rings. The van der Waals surface area contributed by atoms with Gasteiger partial charge in [0.15, 0.2) is 0 Å². The van der Waals surface area contributed by atoms with Crippen molar-refractivity contribution in [1.29, 1.82) is 0 Å². The van der Waals surface area contributed by atoms with Crippen molar-refractivity contribution in [3.63, 3.8) is 0 Å². The van der Waals surface area contributed by atoms with Gasteiger partial charge < -0.3 is 0 Å². The number of hydrogen-bond acceptors (Lipinski definition) is 2. The summed E-state index contributed by atoms with van der Waals surface area (Å²) in [4.78, 5) is 0. The lowest BCUT2D eigenvalue weighted by atomic mass is 10.6. The molecule has 0 atom stereocenters. The highest BCUT2D eigenvalue weighted by atomic mass is 127. The molecule has 3 nitrogen and oxygen atoms in total. The van der Waals surface area contributed by atoms with Gasteiger partial charge in [0.2, 0.25) is 10.0 Å². The molecule has 0 aliphatic heterocycles. The van der Waals surface area contributed by atoms with E-state index < -0.39 is 10.0 Å². The van der Waals surface area contributed by atoms with Crippen LogP contribution < -0.4 is 4.72 Å². The van der Waals surface area contributed by atoms with Crippen molar-refractivity contribution in [1.82, 2.24) is 4.72 Å². The predicted octanol–water partition coefficient (Wildman–Crippen LogP) is 0.707. The maximum atomic E-state index is 10.8. The van der Waals surface area contributed by atoms with Crippen LogP contribution in [0.25, 0.3) is 0 Å². The lowest BCUT2D eigenvalue weighted by molar-refractivity contribution is 0.579. The fourth-order valence-electron chi connectivity index (χ4n) is 0.243. The Hall–Kier alpha value is 0.640. The van der Waals surface area contributed by atoms with E-state index in [1.54, 1.807) is 13.8 Å². The molecule has 0 aromatic rings. The smallest absolute Gasteiger partial charge is 0.212 e. The zero-order chi connectivity index (χ0) is 7.49. The Morgan fingerprint density at radius 3 is 2.11 bits per heavy atom. The van der Waals surface area contributed by atoms with Crippen molar-refractivity contribution in [2.45, 2.75) is 19.1 Å². The minimum Gasteiger partial charge on any atom is -0.212 e. The predicted molar refractivity (Wildman–Crippen MR) is 46.1 cm³/mol. The molecular formula is C4H10INO2S. The molecule has 0 rings (SSSR count). The summed E-state index contributed by atoms with van der Waals surface area (Å²) in [6.45, 7) is 3.29. The van der Waals surface area contributed by atoms with Crippen molar-refractivity contribution in [3.8, 4) is 0 Å². The summed E-state index contributed by atoms with van der Waals surface area (Å²) in [5.41, 5.74) is 0. The maximum Gasteiger partial charge on any atom is 0.214 e. The van der Waals surface area contributed by atoms with Crippen LogP contribution in [0.5, 0.6) is 0 Å². The van der Waals surface area contributed by atoms with Gasteiger partial charge in [0, 0.05) is 0 Å². The highest BCUT2D eigenvalue weighted by Crippen LogP contribution is 1.95. The van der Waals surface area contributed by atoms with Gasteiger partial charge in [-0.15, -0.1) is 0 Å². The van der Waals surface area contributed by atoms with Crippen LogP contribution in [0.2, 0.25) is 0 Å². The van der Waals surface area contributed by atoms with Gasteiger partial charge in [-0.3, -0.25) is 0 Å². The van der Waals surface area contributed by atoms with Crippen molar-refractivity contribution >= 4 is 32.6 Å². The Bertz CT molecular complexity index is 163. The molecule has 0 aromatic heterocycles. The first-order valence-electron chi connectivity index (χ1n) is 2.55. The van der Waals surface area contributed by atoms with Gasteiger partial charge >= 0.3 is 0 Å². The second kappa shape index (κ2) is 3.72. The molecule has 9 heavy (non-hydrogen) atoms. The largest absolute Gasteiger partial charge is 0.214 e. The average molecular weight is 263 g/mol. The van der Waals surface area contributed by atoms with Crippen LogP contribution in [-0.2, 0) is 10.0 Å². The number of hydrogen-bond donors (Lipinski definition) is 1. The minimum atomic E-state index is -3.01. The minimum absolute atomic E-state index is 0.327. The van der Waals surface area contributed by atoms with Crippen LogP contribution in [0.4, 0.5) is 0 Å². The summed E-state index contributed by atoms with van der Waals surface area (Å²) < 4.78 is 24.5. The first-order valence-corrected chi connectivity index (χ1v) is 5.62. The lowest BCUT2D eigenvalue weighted by Crippen LogP contribution is -2.29. The van der Waals surface area contributed by atoms with Crippen LogP contribution in [0.1, 0.15) is 13.8 Å². The monoisotopic (exact) mass is 263 g/mol. The third-order valence-corrected chi connectivity index (χ3v) is 3.56. The molecule has 56 valence electrons. The first-order chi connectivity index (χ1) is 4.00. The molecule has 0 aliphatic rings. The zero-order valence-electron chi connectivity index (χ0n) is 5.39. The van der Waals surface area contributed by atoms with Crippen LogP contribution in [0.15, 0.2) is 0 Å². The van der Waals surface area contributed by atoms with Crippen LogP contribution in [-0.4, -0.2) is 18.2 Å². The molecule has 0 amide bonds. The number of halogens is 1. The summed E-state index contributed by atoms with van der Waals surface area (Å²) in [6, 6.07) is 0. The Labute approximate surface area is 69.4 Å². The number of rotatable bonds is 3. The standard InChI is InChI=1S/C4H10INO2S/c1-4(2)9(7,8)6-3-5/h4,6H,3H2,1-2H3. The average Bonchev–Trinajstić information content (AvgIpc) is 1.65. The Morgan fingerprint density at radius 2 is 2.00 bits per heavy atom. The summed E-state index contributed by atoms with van der Waals surface area (Å²) >= 11 is 1.96. The molecule has 0 bridgehead atoms. The number of nitrogens with one attached hydrogen (secondary N) is 1. The molecule has 0 heterocycles. The van der Waals surface area contributed by atoms with Gasteiger partial charge in [-0.05, 0) is 13.8 Å². The van der Waals surface area contributed by atoms with Gasteiger partial charge in [-0.25, -0.2) is 13.1 Å². The van der Waals surface area contributed by atoms with E-state index in [2.05, 4.69) is 4.72 Å². The van der Waals surface area contributed by atoms with Crippen molar-refractivity contribution in [2.75, 3.05) is 4.55 Å². The molecule has 0 unspecified atom stereocenters. The Kier molecular flexibility index (Phi) is 3.99. The second-order valence-electron chi connectivity index (χ2n) is 1.87. The fourth-order valence-corrected chi connectivity index (χ4v) is 2.03. The molecule has 0 saturated carbocycles. The summed E-state index contributed by atoms with van der Waals surface area (Å²) in [5.74, 6) is 0. The summed E-state index contributed by atoms with van der Waals surface area (Å²) in [7, 11) is -3.01. The Balaban J connectivity index is 4.05. The Morgan fingerprint density at radius 1 is 1.56 bits per heavy atom. The molecular weight excluding hydrogens is 253 g/mol. The lowest BCUT2D eigenvalue weighted by Gasteiger charge is -2.05. The third kappa shape index (κ3) is 3.36. The van der Waals surface area contributed by atoms with Gasteiger partial charge in [-0.2, -0.15) is 0 Å². The third-order valence-electron chi connectivity index (χ3n) is 0.876. The molecule has 0 spiro atoms. The van der Waals surface area contributed by atoms with Crippen LogP contribution in [0.3, 0.4) is 0 Å². The van der Waals surface area contributed by atoms with E-state index in [1.165, 1.54) is 0 Å². The summed E-state index contributed by atoms with van der Waals surface area (Å²) in [5, 5.41) is -0.327. The van der Waals surface area contributed by atoms with Gasteiger partial charge in [0.25, 0.3) is 0 Å². The topological polar surface area (TPSA) is 46.2 Å². The van der Waals surface area contributed by atoms with E-state index in [4.69, 9.17) is 0 Å². The maximum absolute atomic E-state index is 10.8. The highest BCUT2D eigenvalue weighted by molar-refractivity contribution is 14.1. The molecule has 0 saturated heterocycles. The molecule has 0 radical (unpaired) electrons. The van der Waals surface area contributed by atoms with Gasteiger partial charge in [0.05, 0.1) is 9.80 Å². The number of alkyl halides is 1. The van der Waals surface area contributed by atoms with E-state index in [-0.39, 0.29) is 5.25 Å².